The van der Waals surface area contributed by atoms with Crippen molar-refractivity contribution < 1.29 is 14.3 Å². The molecule has 2 aromatic carbocycles. The molecule has 0 saturated heterocycles. The lowest BCUT2D eigenvalue weighted by atomic mass is 10.1. The molecule has 4 aromatic rings. The number of hydrogen-bond acceptors (Lipinski definition) is 5. The monoisotopic (exact) mass is 382 g/mol. The molecule has 130 valence electrons. The fraction of sp³-hybridized carbons (Fsp3) is 0.105. The van der Waals surface area contributed by atoms with Gasteiger partial charge in [0.25, 0.3) is 5.91 Å². The second-order valence-corrected chi connectivity index (χ2v) is 7.50. The molecule has 0 atom stereocenters. The van der Waals surface area contributed by atoms with Crippen LogP contribution < -0.4 is 4.80 Å². The summed E-state index contributed by atoms with van der Waals surface area (Å²) in [6, 6.07) is 15.5. The summed E-state index contributed by atoms with van der Waals surface area (Å²) >= 11 is 2.75. The number of thiazole rings is 1. The quantitative estimate of drug-likeness (QED) is 0.506. The first-order valence-corrected chi connectivity index (χ1v) is 9.57. The maximum atomic E-state index is 12.4. The Morgan fingerprint density at radius 1 is 1.12 bits per heavy atom. The number of nitrogens with zero attached hydrogens (tertiary/aromatic N) is 2. The van der Waals surface area contributed by atoms with Gasteiger partial charge < -0.3 is 9.30 Å². The predicted molar refractivity (Wildman–Crippen MR) is 104 cm³/mol. The minimum absolute atomic E-state index is 0.00535. The van der Waals surface area contributed by atoms with E-state index in [1.54, 1.807) is 10.6 Å². The Balaban J connectivity index is 1.98. The number of benzene rings is 2. The highest BCUT2D eigenvalue weighted by atomic mass is 32.1. The Bertz CT molecular complexity index is 1190. The van der Waals surface area contributed by atoms with Crippen LogP contribution in [0.15, 0.2) is 58.9 Å². The zero-order valence-corrected chi connectivity index (χ0v) is 15.5. The van der Waals surface area contributed by atoms with E-state index in [4.69, 9.17) is 4.74 Å². The number of thiophene rings is 1. The standard InChI is InChI=1S/C19H14N2O3S2/c1-24-16(22)11-21-14-9-8-12-5-2-3-6-13(12)17(14)26-19(21)20-18(23)15-7-4-10-25-15/h2-10H,11H2,1H3. The van der Waals surface area contributed by atoms with Crippen molar-refractivity contribution in [3.8, 4) is 0 Å². The SMILES string of the molecule is COC(=O)Cn1c(=NC(=O)c2cccs2)sc2c3ccccc3ccc21. The van der Waals surface area contributed by atoms with Crippen molar-refractivity contribution in [2.75, 3.05) is 7.11 Å². The molecule has 0 unspecified atom stereocenters. The van der Waals surface area contributed by atoms with Crippen LogP contribution in [-0.4, -0.2) is 23.6 Å². The summed E-state index contributed by atoms with van der Waals surface area (Å²) in [7, 11) is 1.35. The van der Waals surface area contributed by atoms with E-state index in [9.17, 15) is 9.59 Å². The molecule has 0 saturated carbocycles. The molecule has 0 fully saturated rings. The van der Waals surface area contributed by atoms with Gasteiger partial charge in [-0.05, 0) is 22.9 Å². The van der Waals surface area contributed by atoms with Gasteiger partial charge in [-0.1, -0.05) is 47.7 Å². The number of carbonyl (C=O) groups is 2. The number of carbonyl (C=O) groups excluding carboxylic acids is 2. The number of aromatic nitrogens is 1. The van der Waals surface area contributed by atoms with Crippen LogP contribution in [-0.2, 0) is 16.1 Å². The minimum atomic E-state index is -0.386. The fourth-order valence-corrected chi connectivity index (χ4v) is 4.54. The number of esters is 1. The van der Waals surface area contributed by atoms with E-state index in [0.717, 1.165) is 21.0 Å². The van der Waals surface area contributed by atoms with Crippen molar-refractivity contribution in [1.82, 2.24) is 4.57 Å². The van der Waals surface area contributed by atoms with Gasteiger partial charge in [0.2, 0.25) is 0 Å². The maximum Gasteiger partial charge on any atom is 0.325 e. The van der Waals surface area contributed by atoms with Gasteiger partial charge in [-0.25, -0.2) is 0 Å². The molecule has 5 nitrogen and oxygen atoms in total. The van der Waals surface area contributed by atoms with Crippen molar-refractivity contribution >= 4 is 55.5 Å². The summed E-state index contributed by atoms with van der Waals surface area (Å²) in [4.78, 5) is 29.7. The summed E-state index contributed by atoms with van der Waals surface area (Å²) in [5.41, 5.74) is 0.858. The minimum Gasteiger partial charge on any atom is -0.468 e. The van der Waals surface area contributed by atoms with E-state index in [1.807, 2.05) is 47.8 Å². The molecule has 0 aliphatic rings. The Morgan fingerprint density at radius 2 is 1.96 bits per heavy atom. The number of ether oxygens (including phenoxy) is 1. The molecule has 7 heteroatoms. The molecular weight excluding hydrogens is 368 g/mol. The van der Waals surface area contributed by atoms with E-state index in [1.165, 1.54) is 29.8 Å². The fourth-order valence-electron chi connectivity index (χ4n) is 2.77. The van der Waals surface area contributed by atoms with Crippen molar-refractivity contribution in [3.63, 3.8) is 0 Å². The number of methoxy groups -OCH3 is 1. The molecule has 26 heavy (non-hydrogen) atoms. The largest absolute Gasteiger partial charge is 0.468 e. The van der Waals surface area contributed by atoms with Crippen molar-refractivity contribution in [1.29, 1.82) is 0 Å². The molecule has 0 aliphatic carbocycles. The summed E-state index contributed by atoms with van der Waals surface area (Å²) in [5, 5.41) is 4.00. The van der Waals surface area contributed by atoms with Gasteiger partial charge in [-0.3, -0.25) is 9.59 Å². The van der Waals surface area contributed by atoms with E-state index < -0.39 is 0 Å². The van der Waals surface area contributed by atoms with Gasteiger partial charge in [-0.2, -0.15) is 4.99 Å². The van der Waals surface area contributed by atoms with Crippen LogP contribution in [0.2, 0.25) is 0 Å². The Labute approximate surface area is 156 Å². The number of fused-ring (bicyclic) bond motifs is 3. The first-order chi connectivity index (χ1) is 12.7. The van der Waals surface area contributed by atoms with Crippen LogP contribution in [0.4, 0.5) is 0 Å². The Morgan fingerprint density at radius 3 is 2.73 bits per heavy atom. The van der Waals surface area contributed by atoms with Crippen LogP contribution in [0, 0.1) is 0 Å². The third-order valence-corrected chi connectivity index (χ3v) is 6.00. The first kappa shape index (κ1) is 16.7. The zero-order chi connectivity index (χ0) is 18.1. The summed E-state index contributed by atoms with van der Waals surface area (Å²) < 4.78 is 7.54. The predicted octanol–water partition coefficient (Wildman–Crippen LogP) is 3.83. The maximum absolute atomic E-state index is 12.4. The molecule has 0 bridgehead atoms. The van der Waals surface area contributed by atoms with Crippen LogP contribution >= 0.6 is 22.7 Å². The first-order valence-electron chi connectivity index (χ1n) is 7.88. The Hall–Kier alpha value is -2.77. The molecule has 2 heterocycles. The molecule has 0 aliphatic heterocycles. The lowest BCUT2D eigenvalue weighted by molar-refractivity contribution is -0.141. The second-order valence-electron chi connectivity index (χ2n) is 5.58. The van der Waals surface area contributed by atoms with Gasteiger partial charge in [0.05, 0.1) is 22.2 Å². The number of rotatable bonds is 3. The number of amides is 1. The van der Waals surface area contributed by atoms with E-state index in [2.05, 4.69) is 4.99 Å². The Kier molecular flexibility index (Phi) is 4.40. The molecular formula is C19H14N2O3S2. The summed E-state index contributed by atoms with van der Waals surface area (Å²) in [6.45, 7) is 0.00535. The third kappa shape index (κ3) is 2.95. The van der Waals surface area contributed by atoms with Crippen molar-refractivity contribution in [3.05, 3.63) is 63.6 Å². The van der Waals surface area contributed by atoms with E-state index in [0.29, 0.717) is 9.68 Å². The van der Waals surface area contributed by atoms with Crippen LogP contribution in [0.5, 0.6) is 0 Å². The lowest BCUT2D eigenvalue weighted by Gasteiger charge is -2.04. The van der Waals surface area contributed by atoms with E-state index >= 15 is 0 Å². The van der Waals surface area contributed by atoms with Crippen LogP contribution in [0.25, 0.3) is 21.0 Å². The smallest absolute Gasteiger partial charge is 0.325 e. The average Bonchev–Trinajstić information content (AvgIpc) is 3.30. The van der Waals surface area contributed by atoms with Gasteiger partial charge >= 0.3 is 5.97 Å². The molecule has 0 N–H and O–H groups in total. The summed E-state index contributed by atoms with van der Waals surface area (Å²) in [5.74, 6) is -0.697. The summed E-state index contributed by atoms with van der Waals surface area (Å²) in [6.07, 6.45) is 0. The molecule has 0 radical (unpaired) electrons. The van der Waals surface area contributed by atoms with Crippen molar-refractivity contribution in [2.45, 2.75) is 6.54 Å². The van der Waals surface area contributed by atoms with Gasteiger partial charge in [0, 0.05) is 5.39 Å². The average molecular weight is 382 g/mol. The molecule has 2 aromatic heterocycles. The molecule has 0 spiro atoms. The highest BCUT2D eigenvalue weighted by Crippen LogP contribution is 2.27. The topological polar surface area (TPSA) is 60.7 Å². The van der Waals surface area contributed by atoms with Crippen LogP contribution in [0.1, 0.15) is 9.67 Å². The second kappa shape index (κ2) is 6.86. The molecule has 1 amide bonds. The zero-order valence-electron chi connectivity index (χ0n) is 13.8. The van der Waals surface area contributed by atoms with Crippen LogP contribution in [0.3, 0.4) is 0 Å². The van der Waals surface area contributed by atoms with Gasteiger partial charge in [-0.15, -0.1) is 11.3 Å². The van der Waals surface area contributed by atoms with Gasteiger partial charge in [0.15, 0.2) is 4.80 Å². The highest BCUT2D eigenvalue weighted by molar-refractivity contribution is 7.17. The highest BCUT2D eigenvalue weighted by Gasteiger charge is 2.14. The molecule has 4 rings (SSSR count). The van der Waals surface area contributed by atoms with E-state index in [-0.39, 0.29) is 18.4 Å². The third-order valence-electron chi connectivity index (χ3n) is 4.02. The lowest BCUT2D eigenvalue weighted by Crippen LogP contribution is -2.22. The normalized spacial score (nSPS) is 12.0. The van der Waals surface area contributed by atoms with Gasteiger partial charge in [0.1, 0.15) is 6.54 Å². The number of hydrogen-bond donors (Lipinski definition) is 0. The van der Waals surface area contributed by atoms with Crippen molar-refractivity contribution in [2.24, 2.45) is 4.99 Å².